The van der Waals surface area contributed by atoms with Crippen LogP contribution in [-0.4, -0.2) is 13.1 Å². The molecule has 1 aliphatic rings. The molecule has 0 N–H and O–H groups in total. The van der Waals surface area contributed by atoms with E-state index in [1.54, 1.807) is 0 Å². The Morgan fingerprint density at radius 1 is 1.28 bits per heavy atom. The average molecular weight is 360 g/mol. The molecule has 0 radical (unpaired) electrons. The summed E-state index contributed by atoms with van der Waals surface area (Å²) in [5, 5.41) is 8.63. The van der Waals surface area contributed by atoms with Crippen molar-refractivity contribution in [1.29, 1.82) is 5.39 Å². The van der Waals surface area contributed by atoms with E-state index in [4.69, 9.17) is 24.8 Å². The van der Waals surface area contributed by atoms with Gasteiger partial charge in [0.25, 0.3) is 0 Å². The second-order valence-corrected chi connectivity index (χ2v) is 8.49. The molecule has 0 spiro atoms. The van der Waals surface area contributed by atoms with E-state index in [-0.39, 0.29) is 12.4 Å². The van der Waals surface area contributed by atoms with Crippen LogP contribution in [0, 0.1) is 12.3 Å². The molecule has 1 aliphatic heterocycles. The number of hydrogen-bond acceptors (Lipinski definition) is 2. The SMILES string of the molecule is Cc1cc([N+]#N)ccc1N1CCCC1.[Cl-].[Cl][Zn][Cl]. The Labute approximate surface area is 130 Å². The number of halogens is 3. The summed E-state index contributed by atoms with van der Waals surface area (Å²) in [6.07, 6.45) is 2.57. The molecule has 7 heteroatoms. The van der Waals surface area contributed by atoms with Crippen molar-refractivity contribution < 1.29 is 27.6 Å². The first-order chi connectivity index (χ1) is 8.22. The summed E-state index contributed by atoms with van der Waals surface area (Å²) in [6.45, 7) is 4.36. The fourth-order valence-electron chi connectivity index (χ4n) is 2.01. The van der Waals surface area contributed by atoms with Crippen molar-refractivity contribution in [2.75, 3.05) is 18.0 Å². The number of diazo groups is 1. The molecule has 1 fully saturated rings. The second-order valence-electron chi connectivity index (χ2n) is 3.87. The van der Waals surface area contributed by atoms with Gasteiger partial charge in [0.05, 0.1) is 0 Å². The number of nitrogens with zero attached hydrogens (tertiary/aromatic N) is 3. The minimum absolute atomic E-state index is 0. The fraction of sp³-hybridized carbons (Fsp3) is 0.455. The Hall–Kier alpha value is -0.0666. The summed E-state index contributed by atoms with van der Waals surface area (Å²) in [6, 6.07) is 5.80. The average Bonchev–Trinajstić information content (AvgIpc) is 2.83. The van der Waals surface area contributed by atoms with Crippen molar-refractivity contribution in [2.24, 2.45) is 0 Å². The predicted molar refractivity (Wildman–Crippen MR) is 69.1 cm³/mol. The third-order valence-electron chi connectivity index (χ3n) is 2.74. The van der Waals surface area contributed by atoms with E-state index in [2.05, 4.69) is 16.8 Å². The third-order valence-corrected chi connectivity index (χ3v) is 2.74. The number of rotatable bonds is 1. The van der Waals surface area contributed by atoms with Crippen LogP contribution in [0.4, 0.5) is 11.4 Å². The van der Waals surface area contributed by atoms with E-state index in [0.717, 1.165) is 13.1 Å². The van der Waals surface area contributed by atoms with Crippen LogP contribution in [0.25, 0.3) is 4.98 Å². The van der Waals surface area contributed by atoms with Crippen LogP contribution >= 0.6 is 19.4 Å². The van der Waals surface area contributed by atoms with Gasteiger partial charge in [-0.1, -0.05) is 0 Å². The monoisotopic (exact) mass is 357 g/mol. The minimum atomic E-state index is -0.931. The molecule has 1 aromatic rings. The van der Waals surface area contributed by atoms with Gasteiger partial charge < -0.3 is 17.3 Å². The standard InChI is InChI=1S/C11H14N3.3ClH.Zn/c1-9-8-10(13-12)4-5-11(9)14-6-2-3-7-14;;;;/h4-5,8H,2-3,6-7H2,1H3;3*1H;/q+1;;;;+2/p-3. The van der Waals surface area contributed by atoms with Crippen LogP contribution in [-0.2, 0) is 15.1 Å². The quantitative estimate of drug-likeness (QED) is 0.561. The Bertz CT molecular complexity index is 403. The van der Waals surface area contributed by atoms with Gasteiger partial charge in [0.15, 0.2) is 4.98 Å². The number of benzene rings is 1. The first-order valence-corrected chi connectivity index (χ1v) is 13.4. The second kappa shape index (κ2) is 9.81. The van der Waals surface area contributed by atoms with E-state index >= 15 is 0 Å². The molecule has 1 heterocycles. The van der Waals surface area contributed by atoms with Crippen LogP contribution in [0.5, 0.6) is 0 Å². The van der Waals surface area contributed by atoms with Crippen molar-refractivity contribution in [2.45, 2.75) is 19.8 Å². The Morgan fingerprint density at radius 3 is 2.28 bits per heavy atom. The normalized spacial score (nSPS) is 12.7. The molecule has 0 bridgehead atoms. The van der Waals surface area contributed by atoms with Gasteiger partial charge in [-0.25, -0.2) is 0 Å². The maximum absolute atomic E-state index is 8.63. The summed E-state index contributed by atoms with van der Waals surface area (Å²) < 4.78 is 0. The van der Waals surface area contributed by atoms with Gasteiger partial charge >= 0.3 is 40.2 Å². The summed E-state index contributed by atoms with van der Waals surface area (Å²) in [7, 11) is 9.90. The zero-order chi connectivity index (χ0) is 12.7. The number of anilines is 1. The zero-order valence-electron chi connectivity index (χ0n) is 10.2. The Kier molecular flexibility index (Phi) is 9.77. The molecule has 18 heavy (non-hydrogen) atoms. The van der Waals surface area contributed by atoms with Crippen molar-refractivity contribution in [3.63, 3.8) is 0 Å². The fourth-order valence-corrected chi connectivity index (χ4v) is 2.01. The first kappa shape index (κ1) is 17.9. The molecule has 3 nitrogen and oxygen atoms in total. The zero-order valence-corrected chi connectivity index (χ0v) is 15.5. The summed E-state index contributed by atoms with van der Waals surface area (Å²) in [5.74, 6) is 0. The van der Waals surface area contributed by atoms with Crippen LogP contribution in [0.1, 0.15) is 18.4 Å². The summed E-state index contributed by atoms with van der Waals surface area (Å²) >= 11 is -0.931. The van der Waals surface area contributed by atoms with E-state index in [1.165, 1.54) is 24.1 Å². The molecular formula is C11H14Cl3N3Zn. The van der Waals surface area contributed by atoms with E-state index < -0.39 is 15.1 Å². The first-order valence-electron chi connectivity index (χ1n) is 5.55. The molecule has 1 saturated heterocycles. The van der Waals surface area contributed by atoms with Gasteiger partial charge in [0, 0.05) is 30.9 Å². The van der Waals surface area contributed by atoms with Gasteiger partial charge in [-0.15, -0.1) is 0 Å². The molecule has 0 aliphatic carbocycles. The molecule has 96 valence electrons. The molecule has 1 aromatic carbocycles. The molecule has 0 unspecified atom stereocenters. The maximum atomic E-state index is 8.63. The predicted octanol–water partition coefficient (Wildman–Crippen LogP) is 1.46. The Balaban J connectivity index is 0.000000660. The molecule has 0 aromatic heterocycles. The molecule has 0 atom stereocenters. The van der Waals surface area contributed by atoms with Crippen LogP contribution in [0.15, 0.2) is 18.2 Å². The van der Waals surface area contributed by atoms with Crippen LogP contribution in [0.3, 0.4) is 0 Å². The van der Waals surface area contributed by atoms with Gasteiger partial charge in [-0.05, 0) is 31.4 Å². The molecular weight excluding hydrogens is 346 g/mol. The number of aryl methyl sites for hydroxylation is 1. The summed E-state index contributed by atoms with van der Waals surface area (Å²) in [5.41, 5.74) is 3.09. The van der Waals surface area contributed by atoms with Crippen molar-refractivity contribution in [3.8, 4) is 0 Å². The molecule has 2 rings (SSSR count). The van der Waals surface area contributed by atoms with E-state index in [9.17, 15) is 0 Å². The summed E-state index contributed by atoms with van der Waals surface area (Å²) in [4.78, 5) is 5.57. The topological polar surface area (TPSA) is 31.4 Å². The van der Waals surface area contributed by atoms with Crippen molar-refractivity contribution in [1.82, 2.24) is 0 Å². The van der Waals surface area contributed by atoms with Gasteiger partial charge in [-0.3, -0.25) is 0 Å². The number of hydrogen-bond donors (Lipinski definition) is 0. The van der Waals surface area contributed by atoms with Gasteiger partial charge in [0.1, 0.15) is 0 Å². The Morgan fingerprint density at radius 2 is 1.83 bits per heavy atom. The van der Waals surface area contributed by atoms with Crippen LogP contribution < -0.4 is 17.3 Å². The van der Waals surface area contributed by atoms with Crippen molar-refractivity contribution >= 4 is 30.8 Å². The third kappa shape index (κ3) is 5.28. The molecule has 0 amide bonds. The van der Waals surface area contributed by atoms with Gasteiger partial charge in [-0.2, -0.15) is 0 Å². The van der Waals surface area contributed by atoms with Crippen LogP contribution in [0.2, 0.25) is 0 Å². The van der Waals surface area contributed by atoms with E-state index in [0.29, 0.717) is 5.69 Å². The van der Waals surface area contributed by atoms with Crippen molar-refractivity contribution in [3.05, 3.63) is 28.7 Å². The van der Waals surface area contributed by atoms with E-state index in [1.807, 2.05) is 18.2 Å². The molecule has 0 saturated carbocycles. The van der Waals surface area contributed by atoms with Gasteiger partial charge in [0.2, 0.25) is 5.39 Å².